The number of anilines is 2. The van der Waals surface area contributed by atoms with E-state index in [0.29, 0.717) is 16.1 Å². The Morgan fingerprint density at radius 1 is 1.19 bits per heavy atom. The molecule has 0 amide bonds. The lowest BCUT2D eigenvalue weighted by atomic mass is 10.2. The second kappa shape index (κ2) is 5.61. The minimum atomic E-state index is -4.21. The van der Waals surface area contributed by atoms with Crippen LogP contribution in [-0.2, 0) is 10.0 Å². The zero-order valence-electron chi connectivity index (χ0n) is 10.8. The maximum absolute atomic E-state index is 13.6. The summed E-state index contributed by atoms with van der Waals surface area (Å²) in [5, 5.41) is 0. The van der Waals surface area contributed by atoms with Crippen LogP contribution in [0.4, 0.5) is 20.2 Å². The molecule has 0 atom stereocenters. The van der Waals surface area contributed by atoms with Gasteiger partial charge in [0, 0.05) is 10.5 Å². The number of nitrogens with two attached hydrogens (primary N) is 1. The van der Waals surface area contributed by atoms with Crippen LogP contribution in [-0.4, -0.2) is 8.42 Å². The summed E-state index contributed by atoms with van der Waals surface area (Å²) >= 11 is 3.23. The Morgan fingerprint density at radius 2 is 1.86 bits per heavy atom. The molecule has 0 heterocycles. The second-order valence-electron chi connectivity index (χ2n) is 4.37. The van der Waals surface area contributed by atoms with Crippen LogP contribution in [0.25, 0.3) is 0 Å². The molecule has 0 fully saturated rings. The molecule has 8 heteroatoms. The molecule has 2 aromatic carbocycles. The van der Waals surface area contributed by atoms with E-state index in [-0.39, 0.29) is 11.4 Å². The number of nitrogen functional groups attached to an aromatic ring is 1. The van der Waals surface area contributed by atoms with Crippen molar-refractivity contribution in [3.05, 3.63) is 52.0 Å². The highest BCUT2D eigenvalue weighted by Crippen LogP contribution is 2.30. The van der Waals surface area contributed by atoms with Gasteiger partial charge in [-0.05, 0) is 36.8 Å². The van der Waals surface area contributed by atoms with Gasteiger partial charge in [0.2, 0.25) is 0 Å². The lowest BCUT2D eigenvalue weighted by Gasteiger charge is -2.14. The average Bonchev–Trinajstić information content (AvgIpc) is 2.33. The summed E-state index contributed by atoms with van der Waals surface area (Å²) in [6, 6.07) is 5.42. The summed E-state index contributed by atoms with van der Waals surface area (Å²) < 4.78 is 53.7. The number of benzene rings is 2. The van der Waals surface area contributed by atoms with Gasteiger partial charge in [-0.3, -0.25) is 4.72 Å². The third kappa shape index (κ3) is 3.33. The third-order valence-electron chi connectivity index (χ3n) is 2.75. The maximum atomic E-state index is 13.6. The molecule has 0 saturated heterocycles. The first kappa shape index (κ1) is 15.7. The summed E-state index contributed by atoms with van der Waals surface area (Å²) in [4.78, 5) is -0.648. The standard InChI is InChI=1S/C13H11BrF2N2O2S/c1-7-4-8(14)5-11(17)13(7)18-21(19,20)12-3-2-9(15)6-10(12)16/h2-6,18H,17H2,1H3. The van der Waals surface area contributed by atoms with Crippen LogP contribution in [0.3, 0.4) is 0 Å². The number of nitrogens with one attached hydrogen (secondary N) is 1. The summed E-state index contributed by atoms with van der Waals surface area (Å²) in [5.74, 6) is -2.03. The maximum Gasteiger partial charge on any atom is 0.264 e. The van der Waals surface area contributed by atoms with Crippen molar-refractivity contribution in [2.24, 2.45) is 0 Å². The van der Waals surface area contributed by atoms with Crippen LogP contribution in [0.2, 0.25) is 0 Å². The van der Waals surface area contributed by atoms with Crippen molar-refractivity contribution in [1.82, 2.24) is 0 Å². The minimum Gasteiger partial charge on any atom is -0.397 e. The van der Waals surface area contributed by atoms with E-state index in [9.17, 15) is 17.2 Å². The van der Waals surface area contributed by atoms with Gasteiger partial charge in [-0.15, -0.1) is 0 Å². The van der Waals surface area contributed by atoms with Gasteiger partial charge in [0.05, 0.1) is 11.4 Å². The Bertz CT molecular complexity index is 787. The lowest BCUT2D eigenvalue weighted by molar-refractivity contribution is 0.551. The third-order valence-corrected chi connectivity index (χ3v) is 4.59. The highest BCUT2D eigenvalue weighted by atomic mass is 79.9. The summed E-state index contributed by atoms with van der Waals surface area (Å²) in [5.41, 5.74) is 6.66. The molecule has 21 heavy (non-hydrogen) atoms. The zero-order chi connectivity index (χ0) is 15.8. The molecular weight excluding hydrogens is 366 g/mol. The predicted octanol–water partition coefficient (Wildman–Crippen LogP) is 3.42. The highest BCUT2D eigenvalue weighted by molar-refractivity contribution is 9.10. The SMILES string of the molecule is Cc1cc(Br)cc(N)c1NS(=O)(=O)c1ccc(F)cc1F. The fraction of sp³-hybridized carbons (Fsp3) is 0.0769. The predicted molar refractivity (Wildman–Crippen MR) is 80.5 cm³/mol. The van der Waals surface area contributed by atoms with E-state index in [0.717, 1.165) is 12.1 Å². The molecule has 0 bridgehead atoms. The van der Waals surface area contributed by atoms with Gasteiger partial charge in [0.15, 0.2) is 0 Å². The number of rotatable bonds is 3. The van der Waals surface area contributed by atoms with Gasteiger partial charge in [-0.25, -0.2) is 17.2 Å². The van der Waals surface area contributed by atoms with E-state index in [1.165, 1.54) is 6.07 Å². The topological polar surface area (TPSA) is 72.2 Å². The van der Waals surface area contributed by atoms with Crippen LogP contribution in [0.1, 0.15) is 5.56 Å². The largest absolute Gasteiger partial charge is 0.397 e. The van der Waals surface area contributed by atoms with E-state index in [2.05, 4.69) is 20.7 Å². The van der Waals surface area contributed by atoms with E-state index >= 15 is 0 Å². The molecule has 0 aromatic heterocycles. The quantitative estimate of drug-likeness (QED) is 0.806. The number of sulfonamides is 1. The zero-order valence-corrected chi connectivity index (χ0v) is 13.2. The van der Waals surface area contributed by atoms with Crippen molar-refractivity contribution < 1.29 is 17.2 Å². The summed E-state index contributed by atoms with van der Waals surface area (Å²) in [7, 11) is -4.21. The van der Waals surface area contributed by atoms with Crippen LogP contribution >= 0.6 is 15.9 Å². The number of aryl methyl sites for hydroxylation is 1. The molecule has 2 aromatic rings. The smallest absolute Gasteiger partial charge is 0.264 e. The molecule has 3 N–H and O–H groups in total. The molecule has 0 spiro atoms. The van der Waals surface area contributed by atoms with Crippen molar-refractivity contribution in [3.63, 3.8) is 0 Å². The molecule has 0 aliphatic heterocycles. The highest BCUT2D eigenvalue weighted by Gasteiger charge is 2.21. The first-order valence-corrected chi connectivity index (χ1v) is 8.02. The van der Waals surface area contributed by atoms with Crippen molar-refractivity contribution >= 4 is 37.3 Å². The fourth-order valence-corrected chi connectivity index (χ4v) is 3.60. The van der Waals surface area contributed by atoms with Crippen LogP contribution in [0, 0.1) is 18.6 Å². The Balaban J connectivity index is 2.47. The second-order valence-corrected chi connectivity index (χ2v) is 6.93. The van der Waals surface area contributed by atoms with Crippen molar-refractivity contribution in [1.29, 1.82) is 0 Å². The number of halogens is 3. The van der Waals surface area contributed by atoms with E-state index in [1.54, 1.807) is 13.0 Å². The summed E-state index contributed by atoms with van der Waals surface area (Å²) in [6.07, 6.45) is 0. The van der Waals surface area contributed by atoms with Crippen molar-refractivity contribution in [2.75, 3.05) is 10.5 Å². The molecule has 0 aliphatic carbocycles. The molecule has 0 radical (unpaired) electrons. The van der Waals surface area contributed by atoms with Crippen LogP contribution < -0.4 is 10.5 Å². The van der Waals surface area contributed by atoms with Crippen molar-refractivity contribution in [3.8, 4) is 0 Å². The normalized spacial score (nSPS) is 11.4. The molecular formula is C13H11BrF2N2O2S. The van der Waals surface area contributed by atoms with Gasteiger partial charge in [0.25, 0.3) is 10.0 Å². The van der Waals surface area contributed by atoms with Crippen LogP contribution in [0.15, 0.2) is 39.7 Å². The molecule has 2 rings (SSSR count). The van der Waals surface area contributed by atoms with Crippen molar-refractivity contribution in [2.45, 2.75) is 11.8 Å². The molecule has 4 nitrogen and oxygen atoms in total. The Labute approximate surface area is 129 Å². The Kier molecular flexibility index (Phi) is 4.20. The molecule has 112 valence electrons. The van der Waals surface area contributed by atoms with Gasteiger partial charge >= 0.3 is 0 Å². The van der Waals surface area contributed by atoms with Gasteiger partial charge < -0.3 is 5.73 Å². The Morgan fingerprint density at radius 3 is 2.43 bits per heavy atom. The summed E-state index contributed by atoms with van der Waals surface area (Å²) in [6.45, 7) is 1.65. The van der Waals surface area contributed by atoms with E-state index < -0.39 is 26.6 Å². The first-order valence-electron chi connectivity index (χ1n) is 5.74. The minimum absolute atomic E-state index is 0.155. The molecule has 0 aliphatic rings. The van der Waals surface area contributed by atoms with Gasteiger partial charge in [0.1, 0.15) is 16.5 Å². The van der Waals surface area contributed by atoms with Gasteiger partial charge in [-0.1, -0.05) is 15.9 Å². The first-order chi connectivity index (χ1) is 9.70. The lowest BCUT2D eigenvalue weighted by Crippen LogP contribution is -2.16. The van der Waals surface area contributed by atoms with E-state index in [4.69, 9.17) is 5.73 Å². The van der Waals surface area contributed by atoms with Crippen LogP contribution in [0.5, 0.6) is 0 Å². The fourth-order valence-electron chi connectivity index (χ4n) is 1.79. The number of hydrogen-bond acceptors (Lipinski definition) is 3. The average molecular weight is 377 g/mol. The Hall–Kier alpha value is -1.67. The van der Waals surface area contributed by atoms with Gasteiger partial charge in [-0.2, -0.15) is 0 Å². The van der Waals surface area contributed by atoms with E-state index in [1.807, 2.05) is 0 Å². The molecule has 0 saturated carbocycles. The number of hydrogen-bond donors (Lipinski definition) is 2. The monoisotopic (exact) mass is 376 g/mol. The molecule has 0 unspecified atom stereocenters.